The van der Waals surface area contributed by atoms with Gasteiger partial charge in [0.25, 0.3) is 0 Å². The Morgan fingerprint density at radius 1 is 0.786 bits per heavy atom. The zero-order valence-corrected chi connectivity index (χ0v) is 16.2. The maximum Gasteiger partial charge on any atom is 0.416 e. The number of piperidine rings is 1. The highest BCUT2D eigenvalue weighted by Gasteiger charge is 2.30. The van der Waals surface area contributed by atoms with Gasteiger partial charge in [-0.15, -0.1) is 0 Å². The molecule has 2 aliphatic rings. The topological polar surface area (TPSA) is 3.24 Å². The number of nitrogens with zero attached hydrogens (tertiary/aromatic N) is 1. The molecule has 1 nitrogen and oxygen atoms in total. The summed E-state index contributed by atoms with van der Waals surface area (Å²) < 4.78 is 38.2. The minimum absolute atomic E-state index is 0.566. The molecule has 0 amide bonds. The van der Waals surface area contributed by atoms with Gasteiger partial charge >= 0.3 is 6.18 Å². The van der Waals surface area contributed by atoms with Gasteiger partial charge in [-0.2, -0.15) is 13.2 Å². The molecule has 1 saturated heterocycles. The Balaban J connectivity index is 1.41. The highest BCUT2D eigenvalue weighted by Crippen LogP contribution is 2.33. The van der Waals surface area contributed by atoms with E-state index in [2.05, 4.69) is 17.0 Å². The molecule has 0 radical (unpaired) electrons. The van der Waals surface area contributed by atoms with E-state index in [1.54, 1.807) is 12.1 Å². The first-order chi connectivity index (χ1) is 13.5. The van der Waals surface area contributed by atoms with E-state index in [9.17, 15) is 13.2 Å². The van der Waals surface area contributed by atoms with Crippen molar-refractivity contribution in [2.45, 2.75) is 50.6 Å². The molecule has 0 aromatic heterocycles. The Labute approximate surface area is 165 Å². The van der Waals surface area contributed by atoms with E-state index in [-0.39, 0.29) is 0 Å². The molecule has 150 valence electrons. The van der Waals surface area contributed by atoms with E-state index in [0.29, 0.717) is 5.92 Å². The summed E-state index contributed by atoms with van der Waals surface area (Å²) >= 11 is 0. The second-order valence-electron chi connectivity index (χ2n) is 8.45. The van der Waals surface area contributed by atoms with Gasteiger partial charge in [0.05, 0.1) is 5.56 Å². The van der Waals surface area contributed by atoms with E-state index in [1.807, 2.05) is 12.1 Å². The molecule has 1 aliphatic carbocycles. The normalized spacial score (nSPS) is 21.9. The third kappa shape index (κ3) is 4.60. The van der Waals surface area contributed by atoms with E-state index in [0.717, 1.165) is 35.7 Å². The molecule has 1 heterocycles. The van der Waals surface area contributed by atoms with Gasteiger partial charge in [-0.25, -0.2) is 0 Å². The first-order valence-corrected chi connectivity index (χ1v) is 10.5. The number of rotatable bonds is 4. The standard InChI is InChI=1S/C24H28F3N/c25-24(26,27)23-13-11-20(12-14-23)19-7-9-21(10-8-19)22-6-3-15-28(17-22)16-18-4-1-2-5-18/h7-14,18,22H,1-6,15-17H2/t22-/m0/s1. The first kappa shape index (κ1) is 19.5. The first-order valence-electron chi connectivity index (χ1n) is 10.5. The number of hydrogen-bond donors (Lipinski definition) is 0. The minimum atomic E-state index is -4.28. The van der Waals surface area contributed by atoms with Crippen LogP contribution in [0.4, 0.5) is 13.2 Å². The van der Waals surface area contributed by atoms with Crippen molar-refractivity contribution >= 4 is 0 Å². The Morgan fingerprint density at radius 3 is 2.00 bits per heavy atom. The second-order valence-corrected chi connectivity index (χ2v) is 8.45. The highest BCUT2D eigenvalue weighted by molar-refractivity contribution is 5.64. The third-order valence-electron chi connectivity index (χ3n) is 6.42. The quantitative estimate of drug-likeness (QED) is 0.561. The van der Waals surface area contributed by atoms with Crippen LogP contribution in [0.2, 0.25) is 0 Å². The average Bonchev–Trinajstić information content (AvgIpc) is 3.21. The van der Waals surface area contributed by atoms with Crippen molar-refractivity contribution in [1.29, 1.82) is 0 Å². The predicted molar refractivity (Wildman–Crippen MR) is 107 cm³/mol. The van der Waals surface area contributed by atoms with Crippen LogP contribution in [0, 0.1) is 5.92 Å². The Kier molecular flexibility index (Phi) is 5.77. The van der Waals surface area contributed by atoms with E-state index in [1.165, 1.54) is 57.2 Å². The molecule has 4 rings (SSSR count). The Hall–Kier alpha value is -1.81. The lowest BCUT2D eigenvalue weighted by Gasteiger charge is -2.34. The van der Waals surface area contributed by atoms with Gasteiger partial charge in [-0.3, -0.25) is 0 Å². The van der Waals surface area contributed by atoms with Gasteiger partial charge in [0.1, 0.15) is 0 Å². The Bertz CT molecular complexity index is 758. The molecule has 1 aliphatic heterocycles. The average molecular weight is 387 g/mol. The molecule has 0 bridgehead atoms. The summed E-state index contributed by atoms with van der Waals surface area (Å²) in [5.74, 6) is 1.46. The van der Waals surface area contributed by atoms with Crippen LogP contribution in [0.15, 0.2) is 48.5 Å². The number of alkyl halides is 3. The van der Waals surface area contributed by atoms with Gasteiger partial charge in [0, 0.05) is 13.1 Å². The monoisotopic (exact) mass is 387 g/mol. The van der Waals surface area contributed by atoms with Gasteiger partial charge in [0.2, 0.25) is 0 Å². The molecule has 1 saturated carbocycles. The molecule has 2 fully saturated rings. The van der Waals surface area contributed by atoms with Crippen molar-refractivity contribution in [3.8, 4) is 11.1 Å². The van der Waals surface area contributed by atoms with Crippen LogP contribution in [-0.4, -0.2) is 24.5 Å². The van der Waals surface area contributed by atoms with Crippen LogP contribution < -0.4 is 0 Å². The van der Waals surface area contributed by atoms with E-state index in [4.69, 9.17) is 0 Å². The predicted octanol–water partition coefficient (Wildman–Crippen LogP) is 6.74. The van der Waals surface area contributed by atoms with Crippen LogP contribution in [0.25, 0.3) is 11.1 Å². The second kappa shape index (κ2) is 8.28. The van der Waals surface area contributed by atoms with Crippen molar-refractivity contribution in [3.63, 3.8) is 0 Å². The highest BCUT2D eigenvalue weighted by atomic mass is 19.4. The summed E-state index contributed by atoms with van der Waals surface area (Å²) in [6, 6.07) is 13.9. The lowest BCUT2D eigenvalue weighted by molar-refractivity contribution is -0.137. The number of benzene rings is 2. The van der Waals surface area contributed by atoms with Crippen molar-refractivity contribution < 1.29 is 13.2 Å². The van der Waals surface area contributed by atoms with Gasteiger partial charge in [-0.05, 0) is 72.9 Å². The molecule has 4 heteroatoms. The summed E-state index contributed by atoms with van der Waals surface area (Å²) in [7, 11) is 0. The van der Waals surface area contributed by atoms with Crippen LogP contribution >= 0.6 is 0 Å². The zero-order chi connectivity index (χ0) is 19.6. The van der Waals surface area contributed by atoms with Crippen LogP contribution in [0.3, 0.4) is 0 Å². The van der Waals surface area contributed by atoms with Crippen molar-refractivity contribution in [2.24, 2.45) is 5.92 Å². The smallest absolute Gasteiger partial charge is 0.302 e. The number of hydrogen-bond acceptors (Lipinski definition) is 1. The number of likely N-dealkylation sites (tertiary alicyclic amines) is 1. The van der Waals surface area contributed by atoms with Crippen molar-refractivity contribution in [2.75, 3.05) is 19.6 Å². The molecule has 1 atom stereocenters. The molecule has 0 unspecified atom stereocenters. The summed E-state index contributed by atoms with van der Waals surface area (Å²) in [5.41, 5.74) is 2.55. The third-order valence-corrected chi connectivity index (χ3v) is 6.42. The van der Waals surface area contributed by atoms with Crippen LogP contribution in [0.5, 0.6) is 0 Å². The number of halogens is 3. The van der Waals surface area contributed by atoms with E-state index < -0.39 is 11.7 Å². The van der Waals surface area contributed by atoms with Crippen LogP contribution in [0.1, 0.15) is 55.6 Å². The van der Waals surface area contributed by atoms with E-state index >= 15 is 0 Å². The lowest BCUT2D eigenvalue weighted by Crippen LogP contribution is -2.37. The molecule has 0 spiro atoms. The maximum absolute atomic E-state index is 12.7. The fraction of sp³-hybridized carbons (Fsp3) is 0.500. The largest absolute Gasteiger partial charge is 0.416 e. The van der Waals surface area contributed by atoms with Gasteiger partial charge < -0.3 is 4.90 Å². The molecule has 28 heavy (non-hydrogen) atoms. The lowest BCUT2D eigenvalue weighted by atomic mass is 9.89. The summed E-state index contributed by atoms with van der Waals surface area (Å²) in [6.07, 6.45) is 3.76. The van der Waals surface area contributed by atoms with Gasteiger partial charge in [-0.1, -0.05) is 49.2 Å². The minimum Gasteiger partial charge on any atom is -0.302 e. The molecule has 2 aromatic rings. The Morgan fingerprint density at radius 2 is 1.39 bits per heavy atom. The fourth-order valence-corrected chi connectivity index (χ4v) is 4.85. The zero-order valence-electron chi connectivity index (χ0n) is 16.2. The molecular formula is C24H28F3N. The summed E-state index contributed by atoms with van der Waals surface area (Å²) in [6.45, 7) is 3.60. The maximum atomic E-state index is 12.7. The van der Waals surface area contributed by atoms with Gasteiger partial charge in [0.15, 0.2) is 0 Å². The van der Waals surface area contributed by atoms with Crippen LogP contribution in [-0.2, 0) is 6.18 Å². The van der Waals surface area contributed by atoms with Crippen molar-refractivity contribution in [1.82, 2.24) is 4.90 Å². The molecular weight excluding hydrogens is 359 g/mol. The fourth-order valence-electron chi connectivity index (χ4n) is 4.85. The summed E-state index contributed by atoms with van der Waals surface area (Å²) in [4.78, 5) is 2.65. The molecule has 2 aromatic carbocycles. The molecule has 0 N–H and O–H groups in total. The van der Waals surface area contributed by atoms with Crippen molar-refractivity contribution in [3.05, 3.63) is 59.7 Å². The SMILES string of the molecule is FC(F)(F)c1ccc(-c2ccc([C@H]3CCCN(CC4CCCC4)C3)cc2)cc1. The summed E-state index contributed by atoms with van der Waals surface area (Å²) in [5, 5.41) is 0.